The number of carboxylic acids is 1. The van der Waals surface area contributed by atoms with Crippen molar-refractivity contribution in [3.05, 3.63) is 77.4 Å². The van der Waals surface area contributed by atoms with E-state index in [-0.39, 0.29) is 49.6 Å². The fourth-order valence-corrected chi connectivity index (χ4v) is 3.95. The van der Waals surface area contributed by atoms with E-state index in [1.165, 1.54) is 16.3 Å². The topological polar surface area (TPSA) is 103 Å². The second kappa shape index (κ2) is 13.6. The SMILES string of the molecule is CC(C)(Cc1ccc2ccccc2c1)NC[C@@H](O)COc1ccc(CCCC(=O)O)cc1C#N.[H-].[Na+]. The molecular weight excluding hydrogens is 451 g/mol. The minimum absolute atomic E-state index is 0. The Bertz CT molecular complexity index is 1180. The van der Waals surface area contributed by atoms with Crippen LogP contribution in [0.4, 0.5) is 0 Å². The number of aliphatic hydroxyl groups excluding tert-OH is 1. The Morgan fingerprint density at radius 3 is 2.54 bits per heavy atom. The summed E-state index contributed by atoms with van der Waals surface area (Å²) in [5.41, 5.74) is 2.27. The number of ether oxygens (including phenoxy) is 1. The molecule has 0 saturated heterocycles. The van der Waals surface area contributed by atoms with E-state index in [0.29, 0.717) is 30.7 Å². The average molecular weight is 485 g/mol. The molecule has 7 heteroatoms. The Balaban J connectivity index is 0.00000324. The number of nitrogens with one attached hydrogen (secondary N) is 1. The Morgan fingerprint density at radius 1 is 1.11 bits per heavy atom. The molecule has 0 bridgehead atoms. The van der Waals surface area contributed by atoms with Gasteiger partial charge in [0.05, 0.1) is 5.56 Å². The number of β-amino-alcohol motifs (C(OH)–C–C–N with tert-alkyl or cyclic N) is 1. The van der Waals surface area contributed by atoms with Crippen LogP contribution in [0.15, 0.2) is 60.7 Å². The van der Waals surface area contributed by atoms with Gasteiger partial charge < -0.3 is 21.7 Å². The maximum absolute atomic E-state index is 10.7. The normalized spacial score (nSPS) is 11.9. The van der Waals surface area contributed by atoms with E-state index < -0.39 is 12.1 Å². The van der Waals surface area contributed by atoms with E-state index in [9.17, 15) is 15.2 Å². The van der Waals surface area contributed by atoms with Gasteiger partial charge in [-0.1, -0.05) is 48.5 Å². The van der Waals surface area contributed by atoms with Crippen LogP contribution in [-0.4, -0.2) is 41.0 Å². The number of nitriles is 1. The van der Waals surface area contributed by atoms with Gasteiger partial charge in [-0.05, 0) is 67.1 Å². The summed E-state index contributed by atoms with van der Waals surface area (Å²) in [4.78, 5) is 10.7. The van der Waals surface area contributed by atoms with Gasteiger partial charge in [-0.2, -0.15) is 5.26 Å². The number of nitrogens with zero attached hydrogens (tertiary/aromatic N) is 1. The van der Waals surface area contributed by atoms with Gasteiger partial charge >= 0.3 is 35.5 Å². The van der Waals surface area contributed by atoms with Gasteiger partial charge in [-0.15, -0.1) is 0 Å². The molecule has 35 heavy (non-hydrogen) atoms. The van der Waals surface area contributed by atoms with Crippen LogP contribution >= 0.6 is 0 Å². The third kappa shape index (κ3) is 9.29. The van der Waals surface area contributed by atoms with Crippen molar-refractivity contribution in [1.29, 1.82) is 5.26 Å². The number of aryl methyl sites for hydroxylation is 1. The van der Waals surface area contributed by atoms with E-state index in [0.717, 1.165) is 12.0 Å². The summed E-state index contributed by atoms with van der Waals surface area (Å²) < 4.78 is 5.71. The number of aliphatic carboxylic acids is 1. The van der Waals surface area contributed by atoms with Crippen molar-refractivity contribution >= 4 is 16.7 Å². The van der Waals surface area contributed by atoms with E-state index in [2.05, 4.69) is 55.6 Å². The molecule has 3 aromatic carbocycles. The first-order valence-electron chi connectivity index (χ1n) is 11.5. The maximum atomic E-state index is 10.7. The van der Waals surface area contributed by atoms with Crippen LogP contribution in [0.3, 0.4) is 0 Å². The molecule has 3 aromatic rings. The van der Waals surface area contributed by atoms with Crippen LogP contribution in [0, 0.1) is 11.3 Å². The average Bonchev–Trinajstić information content (AvgIpc) is 2.81. The molecule has 0 fully saturated rings. The van der Waals surface area contributed by atoms with Gasteiger partial charge in [0.2, 0.25) is 0 Å². The third-order valence-electron chi connectivity index (χ3n) is 5.73. The monoisotopic (exact) mass is 484 g/mol. The quantitative estimate of drug-likeness (QED) is 0.338. The summed E-state index contributed by atoms with van der Waals surface area (Å²) in [5.74, 6) is -0.414. The maximum Gasteiger partial charge on any atom is 1.00 e. The predicted octanol–water partition coefficient (Wildman–Crippen LogP) is 1.59. The Hall–Kier alpha value is -2.40. The zero-order chi connectivity index (χ0) is 24.6. The number of carboxylic acid groups (broad SMARTS) is 1. The minimum Gasteiger partial charge on any atom is -1.00 e. The molecule has 0 aliphatic carbocycles. The molecule has 0 unspecified atom stereocenters. The van der Waals surface area contributed by atoms with Gasteiger partial charge in [-0.25, -0.2) is 0 Å². The predicted molar refractivity (Wildman–Crippen MR) is 134 cm³/mol. The van der Waals surface area contributed by atoms with Gasteiger partial charge in [0.25, 0.3) is 0 Å². The fourth-order valence-electron chi connectivity index (χ4n) is 3.95. The molecule has 3 rings (SSSR count). The van der Waals surface area contributed by atoms with Gasteiger partial charge in [0.1, 0.15) is 24.5 Å². The molecule has 0 aromatic heterocycles. The number of rotatable bonds is 12. The molecule has 180 valence electrons. The van der Waals surface area contributed by atoms with Crippen LogP contribution in [0.5, 0.6) is 5.75 Å². The molecular formula is C28H33N2NaO4. The summed E-state index contributed by atoms with van der Waals surface area (Å²) in [5, 5.41) is 34.5. The first kappa shape index (κ1) is 28.8. The molecule has 0 saturated carbocycles. The standard InChI is InChI=1S/C28H32N2O4.Na.H/c1-28(2,16-21-10-12-22-7-3-4-8-23(22)15-21)30-18-25(31)19-34-26-13-11-20(14-24(26)17-29)6-5-9-27(32)33;;/h3-4,7-8,10-15,25,30-31H,5-6,9,16,18-19H2,1-2H3,(H,32,33);;/q;+1;-1/t25-;;/m1../s1. The Labute approximate surface area is 230 Å². The molecule has 0 aliphatic rings. The minimum atomic E-state index is -0.830. The first-order chi connectivity index (χ1) is 16.3. The summed E-state index contributed by atoms with van der Waals surface area (Å²) >= 11 is 0. The van der Waals surface area contributed by atoms with E-state index in [1.54, 1.807) is 12.1 Å². The molecule has 0 aliphatic heterocycles. The zero-order valence-corrected chi connectivity index (χ0v) is 22.8. The number of fused-ring (bicyclic) bond motifs is 1. The van der Waals surface area contributed by atoms with E-state index in [1.807, 2.05) is 18.2 Å². The number of carbonyl (C=O) groups is 1. The van der Waals surface area contributed by atoms with Gasteiger partial charge in [0, 0.05) is 18.5 Å². The summed E-state index contributed by atoms with van der Waals surface area (Å²) in [7, 11) is 0. The molecule has 0 heterocycles. The molecule has 0 amide bonds. The van der Waals surface area contributed by atoms with E-state index in [4.69, 9.17) is 9.84 Å². The van der Waals surface area contributed by atoms with Crippen molar-refractivity contribution in [2.75, 3.05) is 13.2 Å². The fraction of sp³-hybridized carbons (Fsp3) is 0.357. The smallest absolute Gasteiger partial charge is 1.00 e. The number of hydrogen-bond acceptors (Lipinski definition) is 5. The van der Waals surface area contributed by atoms with Crippen LogP contribution in [0.25, 0.3) is 10.8 Å². The summed E-state index contributed by atoms with van der Waals surface area (Å²) in [6.45, 7) is 4.63. The van der Waals surface area contributed by atoms with Crippen LogP contribution in [0.1, 0.15) is 44.8 Å². The summed E-state index contributed by atoms with van der Waals surface area (Å²) in [6, 6.07) is 22.1. The number of aliphatic hydroxyl groups is 1. The second-order valence-corrected chi connectivity index (χ2v) is 9.28. The van der Waals surface area contributed by atoms with Crippen LogP contribution in [0.2, 0.25) is 0 Å². The van der Waals surface area contributed by atoms with Gasteiger partial charge in [-0.3, -0.25) is 4.79 Å². The summed E-state index contributed by atoms with van der Waals surface area (Å²) in [6.07, 6.45) is 1.27. The van der Waals surface area contributed by atoms with Crippen molar-refractivity contribution < 1.29 is 50.7 Å². The molecule has 3 N–H and O–H groups in total. The van der Waals surface area contributed by atoms with Crippen molar-refractivity contribution in [3.63, 3.8) is 0 Å². The Morgan fingerprint density at radius 2 is 1.83 bits per heavy atom. The van der Waals surface area contributed by atoms with Crippen molar-refractivity contribution in [2.45, 2.75) is 51.2 Å². The Kier molecular flexibility index (Phi) is 11.2. The number of hydrogen-bond donors (Lipinski definition) is 3. The van der Waals surface area contributed by atoms with Gasteiger partial charge in [0.15, 0.2) is 0 Å². The van der Waals surface area contributed by atoms with E-state index >= 15 is 0 Å². The molecule has 1 atom stereocenters. The zero-order valence-electron chi connectivity index (χ0n) is 21.8. The largest absolute Gasteiger partial charge is 1.00 e. The molecule has 0 radical (unpaired) electrons. The van der Waals surface area contributed by atoms with Crippen LogP contribution in [-0.2, 0) is 17.6 Å². The third-order valence-corrected chi connectivity index (χ3v) is 5.73. The number of benzene rings is 3. The molecule has 6 nitrogen and oxygen atoms in total. The van der Waals surface area contributed by atoms with Crippen molar-refractivity contribution in [3.8, 4) is 11.8 Å². The van der Waals surface area contributed by atoms with Crippen molar-refractivity contribution in [1.82, 2.24) is 5.32 Å². The van der Waals surface area contributed by atoms with Crippen LogP contribution < -0.4 is 39.6 Å². The van der Waals surface area contributed by atoms with Crippen molar-refractivity contribution in [2.24, 2.45) is 0 Å². The molecule has 0 spiro atoms. The first-order valence-corrected chi connectivity index (χ1v) is 11.5. The second-order valence-electron chi connectivity index (χ2n) is 9.28.